The quantitative estimate of drug-likeness (QED) is 0.462. The van der Waals surface area contributed by atoms with Crippen molar-refractivity contribution in [2.24, 2.45) is 0 Å². The molecule has 126 valence electrons. The SMILES string of the molecule is CC(C)(C)[Si](C)(C)OCC/C=C1\CC(=O)N(c2ccccn2)C1. The van der Waals surface area contributed by atoms with Crippen LogP contribution in [0.3, 0.4) is 0 Å². The Balaban J connectivity index is 1.87. The minimum absolute atomic E-state index is 0.125. The highest BCUT2D eigenvalue weighted by Gasteiger charge is 2.36. The smallest absolute Gasteiger partial charge is 0.232 e. The molecule has 0 N–H and O–H groups in total. The predicted molar refractivity (Wildman–Crippen MR) is 97.1 cm³/mol. The summed E-state index contributed by atoms with van der Waals surface area (Å²) in [5.74, 6) is 0.860. The predicted octanol–water partition coefficient (Wildman–Crippen LogP) is 4.16. The van der Waals surface area contributed by atoms with Gasteiger partial charge in [0.15, 0.2) is 8.32 Å². The number of nitrogens with zero attached hydrogens (tertiary/aromatic N) is 2. The molecular formula is C18H28N2O2Si. The number of hydrogen-bond acceptors (Lipinski definition) is 3. The summed E-state index contributed by atoms with van der Waals surface area (Å²) < 4.78 is 6.18. The second kappa shape index (κ2) is 6.97. The van der Waals surface area contributed by atoms with Crippen LogP contribution in [0.5, 0.6) is 0 Å². The molecule has 1 fully saturated rings. The van der Waals surface area contributed by atoms with Gasteiger partial charge < -0.3 is 4.43 Å². The van der Waals surface area contributed by atoms with Gasteiger partial charge in [-0.15, -0.1) is 0 Å². The van der Waals surface area contributed by atoms with Crippen molar-refractivity contribution in [1.82, 2.24) is 4.98 Å². The van der Waals surface area contributed by atoms with Gasteiger partial charge in [0, 0.05) is 25.8 Å². The van der Waals surface area contributed by atoms with Crippen molar-refractivity contribution in [3.63, 3.8) is 0 Å². The van der Waals surface area contributed by atoms with Crippen molar-refractivity contribution < 1.29 is 9.22 Å². The first-order chi connectivity index (χ1) is 10.7. The van der Waals surface area contributed by atoms with Gasteiger partial charge in [0.2, 0.25) is 5.91 Å². The molecule has 0 atom stereocenters. The fourth-order valence-electron chi connectivity index (χ4n) is 2.29. The van der Waals surface area contributed by atoms with E-state index in [1.54, 1.807) is 11.1 Å². The van der Waals surface area contributed by atoms with E-state index < -0.39 is 8.32 Å². The first-order valence-corrected chi connectivity index (χ1v) is 11.1. The molecule has 0 saturated carbocycles. The summed E-state index contributed by atoms with van der Waals surface area (Å²) >= 11 is 0. The fourth-order valence-corrected chi connectivity index (χ4v) is 3.35. The molecule has 2 heterocycles. The van der Waals surface area contributed by atoms with E-state index in [-0.39, 0.29) is 10.9 Å². The molecule has 5 heteroatoms. The molecule has 1 amide bonds. The number of rotatable bonds is 5. The second-order valence-electron chi connectivity index (χ2n) is 7.60. The minimum atomic E-state index is -1.68. The molecule has 0 bridgehead atoms. The van der Waals surface area contributed by atoms with Crippen molar-refractivity contribution in [3.8, 4) is 0 Å². The molecule has 2 rings (SSSR count). The van der Waals surface area contributed by atoms with Crippen LogP contribution in [0.15, 0.2) is 36.0 Å². The Morgan fingerprint density at radius 2 is 2.09 bits per heavy atom. The lowest BCUT2D eigenvalue weighted by atomic mass is 10.2. The van der Waals surface area contributed by atoms with Gasteiger partial charge in [-0.3, -0.25) is 9.69 Å². The van der Waals surface area contributed by atoms with Gasteiger partial charge in [0.1, 0.15) is 5.82 Å². The zero-order valence-electron chi connectivity index (χ0n) is 14.9. The van der Waals surface area contributed by atoms with Gasteiger partial charge >= 0.3 is 0 Å². The third kappa shape index (κ3) is 4.51. The zero-order chi connectivity index (χ0) is 17.1. The highest BCUT2D eigenvalue weighted by Crippen LogP contribution is 2.36. The molecule has 1 aliphatic rings. The van der Waals surface area contributed by atoms with Crippen LogP contribution in [-0.4, -0.2) is 32.4 Å². The van der Waals surface area contributed by atoms with E-state index in [1.165, 1.54) is 5.57 Å². The molecule has 0 radical (unpaired) electrons. The van der Waals surface area contributed by atoms with Gasteiger partial charge in [-0.2, -0.15) is 0 Å². The van der Waals surface area contributed by atoms with Gasteiger partial charge in [-0.05, 0) is 42.3 Å². The number of anilines is 1. The van der Waals surface area contributed by atoms with Gasteiger partial charge in [-0.25, -0.2) is 4.98 Å². The van der Waals surface area contributed by atoms with Crippen LogP contribution in [0.1, 0.15) is 33.6 Å². The summed E-state index contributed by atoms with van der Waals surface area (Å²) in [5, 5.41) is 0.235. The van der Waals surface area contributed by atoms with Crippen LogP contribution >= 0.6 is 0 Å². The first-order valence-electron chi connectivity index (χ1n) is 8.24. The summed E-state index contributed by atoms with van der Waals surface area (Å²) in [6, 6.07) is 5.64. The van der Waals surface area contributed by atoms with Crippen LogP contribution in [0.2, 0.25) is 18.1 Å². The van der Waals surface area contributed by atoms with Gasteiger partial charge in [0.25, 0.3) is 0 Å². The molecule has 1 aliphatic heterocycles. The maximum absolute atomic E-state index is 12.1. The number of carbonyl (C=O) groups is 1. The van der Waals surface area contributed by atoms with Crippen LogP contribution in [0, 0.1) is 0 Å². The Morgan fingerprint density at radius 3 is 2.70 bits per heavy atom. The maximum Gasteiger partial charge on any atom is 0.232 e. The Labute approximate surface area is 140 Å². The first kappa shape index (κ1) is 17.9. The van der Waals surface area contributed by atoms with E-state index in [1.807, 2.05) is 18.2 Å². The number of hydrogen-bond donors (Lipinski definition) is 0. The number of pyridine rings is 1. The van der Waals surface area contributed by atoms with Crippen molar-refractivity contribution in [2.75, 3.05) is 18.1 Å². The lowest BCUT2D eigenvalue weighted by Crippen LogP contribution is -2.40. The topological polar surface area (TPSA) is 42.4 Å². The van der Waals surface area contributed by atoms with E-state index in [4.69, 9.17) is 4.43 Å². The van der Waals surface area contributed by atoms with Crippen molar-refractivity contribution in [1.29, 1.82) is 0 Å². The molecule has 4 nitrogen and oxygen atoms in total. The Bertz CT molecular complexity index is 576. The third-order valence-corrected chi connectivity index (χ3v) is 9.32. The molecule has 0 spiro atoms. The van der Waals surface area contributed by atoms with E-state index in [0.29, 0.717) is 13.0 Å². The molecular weight excluding hydrogens is 304 g/mol. The molecule has 23 heavy (non-hydrogen) atoms. The normalized spacial score (nSPS) is 18.0. The number of aromatic nitrogens is 1. The van der Waals surface area contributed by atoms with Gasteiger partial charge in [0.05, 0.1) is 0 Å². The summed E-state index contributed by atoms with van der Waals surface area (Å²) in [6.07, 6.45) is 5.24. The fraction of sp³-hybridized carbons (Fsp3) is 0.556. The van der Waals surface area contributed by atoms with E-state index >= 15 is 0 Å². The summed E-state index contributed by atoms with van der Waals surface area (Å²) in [6.45, 7) is 12.7. The van der Waals surface area contributed by atoms with Crippen LogP contribution < -0.4 is 4.90 Å². The number of amides is 1. The monoisotopic (exact) mass is 332 g/mol. The summed E-state index contributed by atoms with van der Waals surface area (Å²) in [5.41, 5.74) is 1.17. The van der Waals surface area contributed by atoms with Crippen LogP contribution in [-0.2, 0) is 9.22 Å². The Hall–Kier alpha value is -1.46. The molecule has 1 saturated heterocycles. The Morgan fingerprint density at radius 1 is 1.35 bits per heavy atom. The van der Waals surface area contributed by atoms with E-state index in [2.05, 4.69) is 44.9 Å². The van der Waals surface area contributed by atoms with Crippen molar-refractivity contribution in [2.45, 2.75) is 51.7 Å². The lowest BCUT2D eigenvalue weighted by Gasteiger charge is -2.36. The van der Waals surface area contributed by atoms with Crippen molar-refractivity contribution in [3.05, 3.63) is 36.0 Å². The molecule has 1 aromatic rings. The van der Waals surface area contributed by atoms with Crippen molar-refractivity contribution >= 4 is 20.0 Å². The second-order valence-corrected chi connectivity index (χ2v) is 12.4. The largest absolute Gasteiger partial charge is 0.417 e. The average Bonchev–Trinajstić information content (AvgIpc) is 2.84. The number of carbonyl (C=O) groups excluding carboxylic acids is 1. The molecule has 1 aromatic heterocycles. The minimum Gasteiger partial charge on any atom is -0.417 e. The summed E-state index contributed by atoms with van der Waals surface area (Å²) in [7, 11) is -1.68. The van der Waals surface area contributed by atoms with Crippen LogP contribution in [0.25, 0.3) is 0 Å². The zero-order valence-corrected chi connectivity index (χ0v) is 15.9. The van der Waals surface area contributed by atoms with E-state index in [9.17, 15) is 4.79 Å². The average molecular weight is 333 g/mol. The third-order valence-electron chi connectivity index (χ3n) is 4.79. The summed E-state index contributed by atoms with van der Waals surface area (Å²) in [4.78, 5) is 18.1. The molecule has 0 aliphatic carbocycles. The maximum atomic E-state index is 12.1. The lowest BCUT2D eigenvalue weighted by molar-refractivity contribution is -0.116. The Kier molecular flexibility index (Phi) is 5.42. The van der Waals surface area contributed by atoms with E-state index in [0.717, 1.165) is 18.8 Å². The van der Waals surface area contributed by atoms with Crippen LogP contribution in [0.4, 0.5) is 5.82 Å². The molecule has 0 unspecified atom stereocenters. The van der Waals surface area contributed by atoms with Gasteiger partial charge in [-0.1, -0.05) is 32.9 Å². The highest BCUT2D eigenvalue weighted by atomic mass is 28.4. The highest BCUT2D eigenvalue weighted by molar-refractivity contribution is 6.74. The standard InChI is InChI=1S/C18H28N2O2Si/c1-18(2,3)23(4,5)22-12-8-9-15-13-17(21)20(14-15)16-10-6-7-11-19-16/h6-7,9-11H,8,12-14H2,1-5H3/b15-9+. The molecule has 0 aromatic carbocycles.